The molecule has 0 aliphatic rings. The molecule has 128 valence electrons. The highest BCUT2D eigenvalue weighted by molar-refractivity contribution is 6.05. The molecule has 0 aromatic heterocycles. The summed E-state index contributed by atoms with van der Waals surface area (Å²) in [6.45, 7) is -1.15. The Morgan fingerprint density at radius 3 is 2.29 bits per heavy atom. The first-order valence-electron chi connectivity index (χ1n) is 7.03. The van der Waals surface area contributed by atoms with E-state index in [4.69, 9.17) is 9.47 Å². The molecule has 2 aromatic rings. The minimum Gasteiger partial charge on any atom is -0.495 e. The fourth-order valence-corrected chi connectivity index (χ4v) is 2.12. The number of benzene rings is 2. The van der Waals surface area contributed by atoms with E-state index in [1.165, 1.54) is 32.4 Å². The van der Waals surface area contributed by atoms with Crippen LogP contribution in [0.5, 0.6) is 17.2 Å². The highest BCUT2D eigenvalue weighted by Crippen LogP contribution is 2.31. The van der Waals surface area contributed by atoms with Gasteiger partial charge in [-0.05, 0) is 42.8 Å². The third kappa shape index (κ3) is 4.13. The van der Waals surface area contributed by atoms with Gasteiger partial charge in [-0.25, -0.2) is 0 Å². The van der Waals surface area contributed by atoms with Gasteiger partial charge in [0.1, 0.15) is 5.75 Å². The number of alkyl halides is 2. The molecule has 0 saturated carbocycles. The van der Waals surface area contributed by atoms with E-state index in [-0.39, 0.29) is 17.1 Å². The molecule has 0 spiro atoms. The first kappa shape index (κ1) is 17.5. The van der Waals surface area contributed by atoms with Gasteiger partial charge in [0.05, 0.1) is 19.9 Å². The molecule has 0 atom stereocenters. The summed E-state index contributed by atoms with van der Waals surface area (Å²) in [7, 11) is 2.81. The molecular weight excluding hydrogens is 320 g/mol. The molecule has 24 heavy (non-hydrogen) atoms. The fourth-order valence-electron chi connectivity index (χ4n) is 2.12. The fraction of sp³-hybridized carbons (Fsp3) is 0.235. The Bertz CT molecular complexity index is 735. The van der Waals surface area contributed by atoms with Crippen LogP contribution in [0.25, 0.3) is 0 Å². The number of nitrogens with one attached hydrogen (secondary N) is 1. The van der Waals surface area contributed by atoms with Gasteiger partial charge >= 0.3 is 6.61 Å². The van der Waals surface area contributed by atoms with E-state index in [1.54, 1.807) is 12.1 Å². The van der Waals surface area contributed by atoms with Gasteiger partial charge in [0.2, 0.25) is 0 Å². The maximum Gasteiger partial charge on any atom is 0.387 e. The number of ether oxygens (including phenoxy) is 3. The maximum absolute atomic E-state index is 12.5. The number of hydrogen-bond acceptors (Lipinski definition) is 4. The van der Waals surface area contributed by atoms with E-state index < -0.39 is 12.5 Å². The number of hydrogen-bond donors (Lipinski definition) is 1. The van der Waals surface area contributed by atoms with Gasteiger partial charge < -0.3 is 19.5 Å². The second-order valence-corrected chi connectivity index (χ2v) is 4.90. The lowest BCUT2D eigenvalue weighted by atomic mass is 10.1. The third-order valence-corrected chi connectivity index (χ3v) is 3.25. The van der Waals surface area contributed by atoms with Crippen molar-refractivity contribution in [2.45, 2.75) is 13.5 Å². The summed E-state index contributed by atoms with van der Waals surface area (Å²) in [5, 5.41) is 2.69. The van der Waals surface area contributed by atoms with Crippen LogP contribution < -0.4 is 19.5 Å². The Morgan fingerprint density at radius 2 is 1.67 bits per heavy atom. The van der Waals surface area contributed by atoms with Crippen LogP contribution in [0.1, 0.15) is 15.9 Å². The first-order chi connectivity index (χ1) is 11.4. The zero-order valence-electron chi connectivity index (χ0n) is 13.4. The lowest BCUT2D eigenvalue weighted by Gasteiger charge is -2.13. The number of amides is 1. The summed E-state index contributed by atoms with van der Waals surface area (Å²) in [5.41, 5.74) is 1.56. The van der Waals surface area contributed by atoms with Crippen molar-refractivity contribution < 1.29 is 27.8 Å². The van der Waals surface area contributed by atoms with Crippen LogP contribution in [0.3, 0.4) is 0 Å². The van der Waals surface area contributed by atoms with Crippen LogP contribution in [0.4, 0.5) is 14.5 Å². The Hall–Kier alpha value is -2.83. The van der Waals surface area contributed by atoms with Gasteiger partial charge in [0.15, 0.2) is 11.5 Å². The molecule has 0 aliphatic heterocycles. The van der Waals surface area contributed by atoms with Crippen molar-refractivity contribution in [2.75, 3.05) is 19.5 Å². The van der Waals surface area contributed by atoms with E-state index in [2.05, 4.69) is 10.1 Å². The first-order valence-corrected chi connectivity index (χ1v) is 7.03. The average Bonchev–Trinajstić information content (AvgIpc) is 2.54. The van der Waals surface area contributed by atoms with Crippen LogP contribution in [0.2, 0.25) is 0 Å². The number of anilines is 1. The largest absolute Gasteiger partial charge is 0.495 e. The van der Waals surface area contributed by atoms with Crippen LogP contribution in [0.15, 0.2) is 36.4 Å². The number of aryl methyl sites for hydroxylation is 1. The highest BCUT2D eigenvalue weighted by atomic mass is 19.3. The van der Waals surface area contributed by atoms with Gasteiger partial charge in [-0.15, -0.1) is 0 Å². The summed E-state index contributed by atoms with van der Waals surface area (Å²) in [4.78, 5) is 12.4. The molecule has 1 N–H and O–H groups in total. The lowest BCUT2D eigenvalue weighted by Crippen LogP contribution is -2.13. The average molecular weight is 337 g/mol. The van der Waals surface area contributed by atoms with Crippen LogP contribution in [0, 0.1) is 6.92 Å². The van der Waals surface area contributed by atoms with Crippen molar-refractivity contribution in [1.82, 2.24) is 0 Å². The highest BCUT2D eigenvalue weighted by Gasteiger charge is 2.16. The number of carbonyl (C=O) groups excluding carboxylic acids is 1. The van der Waals surface area contributed by atoms with Gasteiger partial charge in [-0.2, -0.15) is 8.78 Å². The van der Waals surface area contributed by atoms with E-state index in [0.717, 1.165) is 5.56 Å². The SMILES string of the molecule is COc1ccc(C)cc1NC(=O)c1ccc(OC)c(OC(F)F)c1. The molecule has 0 bridgehead atoms. The van der Waals surface area contributed by atoms with E-state index in [0.29, 0.717) is 11.4 Å². The maximum atomic E-state index is 12.5. The monoisotopic (exact) mass is 337 g/mol. The number of carbonyl (C=O) groups is 1. The molecule has 0 saturated heterocycles. The normalized spacial score (nSPS) is 10.4. The lowest BCUT2D eigenvalue weighted by molar-refractivity contribution is -0.0512. The van der Waals surface area contributed by atoms with Gasteiger partial charge in [-0.1, -0.05) is 6.07 Å². The van der Waals surface area contributed by atoms with Gasteiger partial charge in [0.25, 0.3) is 5.91 Å². The predicted molar refractivity (Wildman–Crippen MR) is 85.3 cm³/mol. The minimum absolute atomic E-state index is 0.111. The molecule has 2 aromatic carbocycles. The Kier molecular flexibility index (Phi) is 5.57. The molecule has 5 nitrogen and oxygen atoms in total. The summed E-state index contributed by atoms with van der Waals surface area (Å²) >= 11 is 0. The summed E-state index contributed by atoms with van der Waals surface area (Å²) in [5.74, 6) is -0.0940. The molecule has 0 unspecified atom stereocenters. The summed E-state index contributed by atoms with van der Waals surface area (Å²) in [6, 6.07) is 9.36. The molecule has 0 fully saturated rings. The predicted octanol–water partition coefficient (Wildman–Crippen LogP) is 3.87. The van der Waals surface area contributed by atoms with E-state index in [1.807, 2.05) is 13.0 Å². The molecule has 0 heterocycles. The van der Waals surface area contributed by atoms with Crippen molar-refractivity contribution in [3.8, 4) is 17.2 Å². The third-order valence-electron chi connectivity index (χ3n) is 3.25. The van der Waals surface area contributed by atoms with E-state index >= 15 is 0 Å². The Morgan fingerprint density at radius 1 is 1.00 bits per heavy atom. The van der Waals surface area contributed by atoms with E-state index in [9.17, 15) is 13.6 Å². The van der Waals surface area contributed by atoms with Crippen LogP contribution in [-0.2, 0) is 0 Å². The molecule has 2 rings (SSSR count). The summed E-state index contributed by atoms with van der Waals surface area (Å²) in [6.07, 6.45) is 0. The standard InChI is InChI=1S/C17H17F2NO4/c1-10-4-6-13(22-2)12(8-10)20-16(21)11-5-7-14(23-3)15(9-11)24-17(18)19/h4-9,17H,1-3H3,(H,20,21). The molecule has 0 radical (unpaired) electrons. The molecular formula is C17H17F2NO4. The smallest absolute Gasteiger partial charge is 0.387 e. The zero-order chi connectivity index (χ0) is 17.7. The Labute approximate surface area is 138 Å². The quantitative estimate of drug-likeness (QED) is 0.869. The van der Waals surface area contributed by atoms with Crippen molar-refractivity contribution >= 4 is 11.6 Å². The molecule has 0 aliphatic carbocycles. The summed E-state index contributed by atoms with van der Waals surface area (Å²) < 4.78 is 39.4. The van der Waals surface area contributed by atoms with Crippen molar-refractivity contribution in [3.05, 3.63) is 47.5 Å². The zero-order valence-corrected chi connectivity index (χ0v) is 13.4. The van der Waals surface area contributed by atoms with Crippen molar-refractivity contribution in [3.63, 3.8) is 0 Å². The van der Waals surface area contributed by atoms with Gasteiger partial charge in [-0.3, -0.25) is 4.79 Å². The van der Waals surface area contributed by atoms with Crippen LogP contribution >= 0.6 is 0 Å². The number of rotatable bonds is 6. The van der Waals surface area contributed by atoms with Gasteiger partial charge in [0, 0.05) is 5.56 Å². The van der Waals surface area contributed by atoms with Crippen molar-refractivity contribution in [1.29, 1.82) is 0 Å². The second-order valence-electron chi connectivity index (χ2n) is 4.90. The number of halogens is 2. The number of methoxy groups -OCH3 is 2. The molecule has 1 amide bonds. The Balaban J connectivity index is 2.28. The van der Waals surface area contributed by atoms with Crippen LogP contribution in [-0.4, -0.2) is 26.7 Å². The second kappa shape index (κ2) is 7.63. The minimum atomic E-state index is -3.02. The van der Waals surface area contributed by atoms with Crippen molar-refractivity contribution in [2.24, 2.45) is 0 Å². The topological polar surface area (TPSA) is 56.8 Å². The molecule has 7 heteroatoms.